The Labute approximate surface area is 103 Å². The first kappa shape index (κ1) is 13.8. The lowest BCUT2D eigenvalue weighted by Gasteiger charge is -2.15. The summed E-state index contributed by atoms with van der Waals surface area (Å²) in [5.41, 5.74) is 1.98. The van der Waals surface area contributed by atoms with Crippen LogP contribution in [0.15, 0.2) is 12.1 Å². The van der Waals surface area contributed by atoms with Gasteiger partial charge in [0.05, 0.1) is 20.3 Å². The molecule has 4 nitrogen and oxygen atoms in total. The van der Waals surface area contributed by atoms with E-state index >= 15 is 0 Å². The van der Waals surface area contributed by atoms with Gasteiger partial charge in [0.15, 0.2) is 0 Å². The van der Waals surface area contributed by atoms with Gasteiger partial charge < -0.3 is 19.9 Å². The first-order valence-corrected chi connectivity index (χ1v) is 5.66. The maximum absolute atomic E-state index is 9.80. The Balaban J connectivity index is 2.95. The summed E-state index contributed by atoms with van der Waals surface area (Å²) in [5, 5.41) is 12.7. The van der Waals surface area contributed by atoms with Gasteiger partial charge in [-0.2, -0.15) is 0 Å². The Morgan fingerprint density at radius 2 is 1.88 bits per heavy atom. The van der Waals surface area contributed by atoms with E-state index in [2.05, 4.69) is 5.32 Å². The molecule has 0 aliphatic carbocycles. The second-order valence-electron chi connectivity index (χ2n) is 4.05. The van der Waals surface area contributed by atoms with Crippen LogP contribution in [-0.2, 0) is 6.42 Å². The Morgan fingerprint density at radius 3 is 2.41 bits per heavy atom. The standard InChI is InChI=1S/C13H21NO3/c1-9-5-13(17-4)10(7-12(9)16-3)6-11(15)8-14-2/h5,7,11,14-15H,6,8H2,1-4H3. The molecule has 0 saturated heterocycles. The molecule has 0 bridgehead atoms. The van der Waals surface area contributed by atoms with Gasteiger partial charge in [0.25, 0.3) is 0 Å². The fraction of sp³-hybridized carbons (Fsp3) is 0.538. The number of aryl methyl sites for hydroxylation is 1. The number of hydrogen-bond acceptors (Lipinski definition) is 4. The van der Waals surface area contributed by atoms with Crippen molar-refractivity contribution in [1.82, 2.24) is 5.32 Å². The third kappa shape index (κ3) is 3.61. The van der Waals surface area contributed by atoms with E-state index < -0.39 is 6.10 Å². The molecule has 0 amide bonds. The molecule has 1 aromatic carbocycles. The fourth-order valence-corrected chi connectivity index (χ4v) is 1.83. The second kappa shape index (κ2) is 6.47. The molecule has 0 aliphatic heterocycles. The number of nitrogens with one attached hydrogen (secondary N) is 1. The highest BCUT2D eigenvalue weighted by atomic mass is 16.5. The molecule has 0 aliphatic rings. The zero-order valence-electron chi connectivity index (χ0n) is 10.9. The number of methoxy groups -OCH3 is 2. The van der Waals surface area contributed by atoms with Crippen LogP contribution in [0.5, 0.6) is 11.5 Å². The highest BCUT2D eigenvalue weighted by molar-refractivity contribution is 5.46. The minimum atomic E-state index is -0.429. The van der Waals surface area contributed by atoms with Crippen molar-refractivity contribution >= 4 is 0 Å². The van der Waals surface area contributed by atoms with Crippen LogP contribution >= 0.6 is 0 Å². The normalized spacial score (nSPS) is 12.3. The van der Waals surface area contributed by atoms with Crippen molar-refractivity contribution in [3.8, 4) is 11.5 Å². The van der Waals surface area contributed by atoms with Gasteiger partial charge in [0, 0.05) is 18.5 Å². The number of rotatable bonds is 6. The molecule has 17 heavy (non-hydrogen) atoms. The van der Waals surface area contributed by atoms with E-state index in [1.165, 1.54) is 0 Å². The molecule has 0 saturated carbocycles. The first-order valence-electron chi connectivity index (χ1n) is 5.66. The number of benzene rings is 1. The Bertz CT molecular complexity index is 366. The zero-order valence-corrected chi connectivity index (χ0v) is 10.9. The largest absolute Gasteiger partial charge is 0.496 e. The maximum Gasteiger partial charge on any atom is 0.122 e. The number of aliphatic hydroxyl groups is 1. The number of ether oxygens (including phenoxy) is 2. The van der Waals surface area contributed by atoms with E-state index in [0.717, 1.165) is 22.6 Å². The Morgan fingerprint density at radius 1 is 1.24 bits per heavy atom. The third-order valence-electron chi connectivity index (χ3n) is 2.69. The summed E-state index contributed by atoms with van der Waals surface area (Å²) in [6.45, 7) is 2.52. The molecule has 0 heterocycles. The summed E-state index contributed by atoms with van der Waals surface area (Å²) in [7, 11) is 5.09. The predicted molar refractivity (Wildman–Crippen MR) is 67.9 cm³/mol. The van der Waals surface area contributed by atoms with E-state index in [4.69, 9.17) is 9.47 Å². The van der Waals surface area contributed by atoms with Gasteiger partial charge in [-0.25, -0.2) is 0 Å². The van der Waals surface area contributed by atoms with Gasteiger partial charge >= 0.3 is 0 Å². The van der Waals surface area contributed by atoms with Crippen LogP contribution in [0.4, 0.5) is 0 Å². The van der Waals surface area contributed by atoms with Crippen LogP contribution < -0.4 is 14.8 Å². The van der Waals surface area contributed by atoms with Gasteiger partial charge in [-0.15, -0.1) is 0 Å². The van der Waals surface area contributed by atoms with E-state index in [1.807, 2.05) is 26.1 Å². The molecular weight excluding hydrogens is 218 g/mol. The maximum atomic E-state index is 9.80. The van der Waals surface area contributed by atoms with Crippen LogP contribution in [0.1, 0.15) is 11.1 Å². The van der Waals surface area contributed by atoms with Crippen LogP contribution in [0, 0.1) is 6.92 Å². The molecule has 0 aromatic heterocycles. The molecule has 0 radical (unpaired) electrons. The van der Waals surface area contributed by atoms with Crippen LogP contribution in [0.3, 0.4) is 0 Å². The van der Waals surface area contributed by atoms with Crippen molar-refractivity contribution in [2.75, 3.05) is 27.8 Å². The fourth-order valence-electron chi connectivity index (χ4n) is 1.83. The minimum absolute atomic E-state index is 0.429. The van der Waals surface area contributed by atoms with Crippen LogP contribution in [0.25, 0.3) is 0 Å². The summed E-state index contributed by atoms with van der Waals surface area (Å²) in [6.07, 6.45) is 0.113. The lowest BCUT2D eigenvalue weighted by Crippen LogP contribution is -2.25. The lowest BCUT2D eigenvalue weighted by molar-refractivity contribution is 0.173. The second-order valence-corrected chi connectivity index (χ2v) is 4.05. The van der Waals surface area contributed by atoms with E-state index in [0.29, 0.717) is 13.0 Å². The number of likely N-dealkylation sites (N-methyl/N-ethyl adjacent to an activating group) is 1. The van der Waals surface area contributed by atoms with Crippen LogP contribution in [-0.4, -0.2) is 39.0 Å². The van der Waals surface area contributed by atoms with Gasteiger partial charge in [0.1, 0.15) is 11.5 Å². The van der Waals surface area contributed by atoms with Gasteiger partial charge in [0.2, 0.25) is 0 Å². The summed E-state index contributed by atoms with van der Waals surface area (Å²) >= 11 is 0. The average molecular weight is 239 g/mol. The Kier molecular flexibility index (Phi) is 5.25. The molecule has 1 rings (SSSR count). The molecule has 1 atom stereocenters. The summed E-state index contributed by atoms with van der Waals surface area (Å²) < 4.78 is 10.6. The van der Waals surface area contributed by atoms with Crippen molar-refractivity contribution in [1.29, 1.82) is 0 Å². The summed E-state index contributed by atoms with van der Waals surface area (Å²) in [6, 6.07) is 3.85. The van der Waals surface area contributed by atoms with Crippen molar-refractivity contribution in [2.24, 2.45) is 0 Å². The topological polar surface area (TPSA) is 50.7 Å². The predicted octanol–water partition coefficient (Wildman–Crippen LogP) is 1.14. The third-order valence-corrected chi connectivity index (χ3v) is 2.69. The molecule has 0 spiro atoms. The number of hydrogen-bond donors (Lipinski definition) is 2. The van der Waals surface area contributed by atoms with Crippen molar-refractivity contribution < 1.29 is 14.6 Å². The highest BCUT2D eigenvalue weighted by Gasteiger charge is 2.12. The molecule has 1 aromatic rings. The average Bonchev–Trinajstić information content (AvgIpc) is 2.31. The van der Waals surface area contributed by atoms with Gasteiger partial charge in [-0.3, -0.25) is 0 Å². The van der Waals surface area contributed by atoms with E-state index in [1.54, 1.807) is 14.2 Å². The van der Waals surface area contributed by atoms with Gasteiger partial charge in [-0.05, 0) is 31.7 Å². The quantitative estimate of drug-likeness (QED) is 0.781. The van der Waals surface area contributed by atoms with Crippen molar-refractivity contribution in [2.45, 2.75) is 19.4 Å². The van der Waals surface area contributed by atoms with E-state index in [-0.39, 0.29) is 0 Å². The smallest absolute Gasteiger partial charge is 0.122 e. The number of aliphatic hydroxyl groups excluding tert-OH is 1. The first-order chi connectivity index (χ1) is 8.12. The Hall–Kier alpha value is -1.26. The molecule has 96 valence electrons. The monoisotopic (exact) mass is 239 g/mol. The summed E-state index contributed by atoms with van der Waals surface area (Å²) in [4.78, 5) is 0. The van der Waals surface area contributed by atoms with Crippen LogP contribution in [0.2, 0.25) is 0 Å². The SMILES string of the molecule is CNCC(O)Cc1cc(OC)c(C)cc1OC. The zero-order chi connectivity index (χ0) is 12.8. The lowest BCUT2D eigenvalue weighted by atomic mass is 10.0. The molecule has 2 N–H and O–H groups in total. The van der Waals surface area contributed by atoms with Gasteiger partial charge in [-0.1, -0.05) is 0 Å². The molecular formula is C13H21NO3. The van der Waals surface area contributed by atoms with E-state index in [9.17, 15) is 5.11 Å². The minimum Gasteiger partial charge on any atom is -0.496 e. The molecule has 1 unspecified atom stereocenters. The summed E-state index contributed by atoms with van der Waals surface area (Å²) in [5.74, 6) is 1.61. The van der Waals surface area contributed by atoms with Crippen molar-refractivity contribution in [3.05, 3.63) is 23.3 Å². The highest BCUT2D eigenvalue weighted by Crippen LogP contribution is 2.29. The molecule has 0 fully saturated rings. The molecule has 4 heteroatoms. The van der Waals surface area contributed by atoms with Crippen molar-refractivity contribution in [3.63, 3.8) is 0 Å².